The number of benzene rings is 1. The van der Waals surface area contributed by atoms with Gasteiger partial charge in [0.15, 0.2) is 0 Å². The third-order valence-electron chi connectivity index (χ3n) is 3.20. The lowest BCUT2D eigenvalue weighted by Gasteiger charge is -2.20. The first kappa shape index (κ1) is 15.7. The van der Waals surface area contributed by atoms with Crippen LogP contribution in [0.1, 0.15) is 36.2 Å². The van der Waals surface area contributed by atoms with Crippen LogP contribution in [0.4, 0.5) is 0 Å². The number of aryl methyl sites for hydroxylation is 1. The average molecular weight is 328 g/mol. The Kier molecular flexibility index (Phi) is 5.54. The summed E-state index contributed by atoms with van der Waals surface area (Å²) in [6, 6.07) is 4.42. The minimum absolute atomic E-state index is 0.114. The Morgan fingerprint density at radius 3 is 2.53 bits per heavy atom. The number of amides is 1. The van der Waals surface area contributed by atoms with E-state index in [2.05, 4.69) is 21.2 Å². The van der Waals surface area contributed by atoms with Crippen molar-refractivity contribution in [3.05, 3.63) is 33.8 Å². The van der Waals surface area contributed by atoms with Gasteiger partial charge in [0.25, 0.3) is 5.91 Å². The molecule has 0 fully saturated rings. The molecular formula is C14H18BrNO3. The number of carbonyl (C=O) groups excluding carboxylic acids is 1. The van der Waals surface area contributed by atoms with Gasteiger partial charge < -0.3 is 10.4 Å². The standard InChI is InChI=1S/C14H18BrNO3/c1-4-8(2)12(14(18)19)16-13(17)11-6-5-10(15)7-9(11)3/h5-8,12H,4H2,1-3H3,(H,16,17)(H,18,19)/t8?,12-/m0/s1. The van der Waals surface area contributed by atoms with E-state index in [1.807, 2.05) is 26.8 Å². The highest BCUT2D eigenvalue weighted by Crippen LogP contribution is 2.16. The Bertz CT molecular complexity index is 488. The van der Waals surface area contributed by atoms with Gasteiger partial charge in [0, 0.05) is 10.0 Å². The van der Waals surface area contributed by atoms with Crippen molar-refractivity contribution in [2.24, 2.45) is 5.92 Å². The van der Waals surface area contributed by atoms with E-state index in [0.717, 1.165) is 10.0 Å². The molecule has 0 bridgehead atoms. The molecule has 19 heavy (non-hydrogen) atoms. The van der Waals surface area contributed by atoms with Crippen molar-refractivity contribution in [3.63, 3.8) is 0 Å². The molecule has 2 atom stereocenters. The van der Waals surface area contributed by atoms with Gasteiger partial charge in [0.05, 0.1) is 0 Å². The number of carboxylic acids is 1. The molecule has 0 aliphatic heterocycles. The summed E-state index contributed by atoms with van der Waals surface area (Å²) in [6.45, 7) is 5.53. The van der Waals surface area contributed by atoms with E-state index in [1.54, 1.807) is 12.1 Å². The second kappa shape index (κ2) is 6.70. The van der Waals surface area contributed by atoms with Crippen molar-refractivity contribution in [3.8, 4) is 0 Å². The number of halogens is 1. The summed E-state index contributed by atoms with van der Waals surface area (Å²) in [5, 5.41) is 11.8. The van der Waals surface area contributed by atoms with Crippen molar-refractivity contribution in [1.29, 1.82) is 0 Å². The number of nitrogens with one attached hydrogen (secondary N) is 1. The molecule has 1 aromatic rings. The molecule has 0 aliphatic rings. The summed E-state index contributed by atoms with van der Waals surface area (Å²) < 4.78 is 0.887. The molecular weight excluding hydrogens is 310 g/mol. The van der Waals surface area contributed by atoms with Gasteiger partial charge >= 0.3 is 5.97 Å². The number of hydrogen-bond acceptors (Lipinski definition) is 2. The van der Waals surface area contributed by atoms with E-state index in [4.69, 9.17) is 5.11 Å². The first-order chi connectivity index (χ1) is 8.86. The van der Waals surface area contributed by atoms with Crippen LogP contribution in [0.3, 0.4) is 0 Å². The van der Waals surface area contributed by atoms with E-state index < -0.39 is 12.0 Å². The van der Waals surface area contributed by atoms with Gasteiger partial charge in [-0.2, -0.15) is 0 Å². The van der Waals surface area contributed by atoms with Crippen LogP contribution in [0.15, 0.2) is 22.7 Å². The monoisotopic (exact) mass is 327 g/mol. The second-order valence-electron chi connectivity index (χ2n) is 4.63. The second-order valence-corrected chi connectivity index (χ2v) is 5.55. The van der Waals surface area contributed by atoms with Crippen LogP contribution in [-0.4, -0.2) is 23.0 Å². The molecule has 1 rings (SSSR count). The summed E-state index contributed by atoms with van der Waals surface area (Å²) in [7, 11) is 0. The lowest BCUT2D eigenvalue weighted by atomic mass is 9.98. The molecule has 1 amide bonds. The lowest BCUT2D eigenvalue weighted by molar-refractivity contribution is -0.140. The van der Waals surface area contributed by atoms with Gasteiger partial charge in [-0.05, 0) is 36.6 Å². The number of carbonyl (C=O) groups is 2. The Balaban J connectivity index is 2.91. The van der Waals surface area contributed by atoms with Gasteiger partial charge in [0.2, 0.25) is 0 Å². The highest BCUT2D eigenvalue weighted by atomic mass is 79.9. The predicted molar refractivity (Wildman–Crippen MR) is 77.2 cm³/mol. The predicted octanol–water partition coefficient (Wildman–Crippen LogP) is 2.99. The van der Waals surface area contributed by atoms with Crippen LogP contribution in [-0.2, 0) is 4.79 Å². The molecule has 2 N–H and O–H groups in total. The van der Waals surface area contributed by atoms with Crippen LogP contribution in [0.25, 0.3) is 0 Å². The molecule has 5 heteroatoms. The fourth-order valence-electron chi connectivity index (χ4n) is 1.78. The Labute approximate surface area is 121 Å². The molecule has 1 unspecified atom stereocenters. The van der Waals surface area contributed by atoms with E-state index in [9.17, 15) is 9.59 Å². The Morgan fingerprint density at radius 1 is 1.42 bits per heavy atom. The molecule has 0 aliphatic carbocycles. The molecule has 1 aromatic carbocycles. The van der Waals surface area contributed by atoms with Crippen LogP contribution < -0.4 is 5.32 Å². The maximum atomic E-state index is 12.1. The van der Waals surface area contributed by atoms with Crippen LogP contribution in [0.2, 0.25) is 0 Å². The fourth-order valence-corrected chi connectivity index (χ4v) is 2.26. The summed E-state index contributed by atoms with van der Waals surface area (Å²) >= 11 is 3.33. The highest BCUT2D eigenvalue weighted by Gasteiger charge is 2.26. The van der Waals surface area contributed by atoms with Gasteiger partial charge in [0.1, 0.15) is 6.04 Å². The van der Waals surface area contributed by atoms with Crippen molar-refractivity contribution in [2.75, 3.05) is 0 Å². The topological polar surface area (TPSA) is 66.4 Å². The highest BCUT2D eigenvalue weighted by molar-refractivity contribution is 9.10. The van der Waals surface area contributed by atoms with Crippen molar-refractivity contribution < 1.29 is 14.7 Å². The van der Waals surface area contributed by atoms with Crippen LogP contribution in [0.5, 0.6) is 0 Å². The van der Waals surface area contributed by atoms with Gasteiger partial charge in [-0.15, -0.1) is 0 Å². The van der Waals surface area contributed by atoms with E-state index in [1.165, 1.54) is 0 Å². The third kappa shape index (κ3) is 4.06. The van der Waals surface area contributed by atoms with E-state index >= 15 is 0 Å². The summed E-state index contributed by atoms with van der Waals surface area (Å²) in [5.74, 6) is -1.47. The number of hydrogen-bond donors (Lipinski definition) is 2. The average Bonchev–Trinajstić information content (AvgIpc) is 2.34. The minimum atomic E-state index is -1.00. The lowest BCUT2D eigenvalue weighted by Crippen LogP contribution is -2.45. The van der Waals surface area contributed by atoms with Gasteiger partial charge in [-0.25, -0.2) is 4.79 Å². The Morgan fingerprint density at radius 2 is 2.05 bits per heavy atom. The first-order valence-electron chi connectivity index (χ1n) is 6.16. The van der Waals surface area contributed by atoms with Crippen molar-refractivity contribution in [1.82, 2.24) is 5.32 Å². The van der Waals surface area contributed by atoms with E-state index in [0.29, 0.717) is 12.0 Å². The molecule has 0 saturated heterocycles. The van der Waals surface area contributed by atoms with Crippen LogP contribution >= 0.6 is 15.9 Å². The normalized spacial score (nSPS) is 13.7. The molecule has 0 heterocycles. The van der Waals surface area contributed by atoms with Gasteiger partial charge in [-0.1, -0.05) is 36.2 Å². The molecule has 104 valence electrons. The summed E-state index contributed by atoms with van der Waals surface area (Å²) in [6.07, 6.45) is 0.691. The molecule has 0 radical (unpaired) electrons. The fraction of sp³-hybridized carbons (Fsp3) is 0.429. The molecule has 0 saturated carbocycles. The van der Waals surface area contributed by atoms with Crippen LogP contribution in [0, 0.1) is 12.8 Å². The maximum Gasteiger partial charge on any atom is 0.326 e. The molecule has 0 spiro atoms. The SMILES string of the molecule is CCC(C)[C@H](NC(=O)c1ccc(Br)cc1C)C(=O)O. The zero-order valence-corrected chi connectivity index (χ0v) is 12.8. The quantitative estimate of drug-likeness (QED) is 0.873. The number of carboxylic acid groups (broad SMARTS) is 1. The maximum absolute atomic E-state index is 12.1. The molecule has 0 aromatic heterocycles. The Hall–Kier alpha value is -1.36. The van der Waals surface area contributed by atoms with Crippen molar-refractivity contribution >= 4 is 27.8 Å². The summed E-state index contributed by atoms with van der Waals surface area (Å²) in [4.78, 5) is 23.3. The number of rotatable bonds is 5. The number of aliphatic carboxylic acids is 1. The van der Waals surface area contributed by atoms with Gasteiger partial charge in [-0.3, -0.25) is 4.79 Å². The smallest absolute Gasteiger partial charge is 0.326 e. The largest absolute Gasteiger partial charge is 0.480 e. The third-order valence-corrected chi connectivity index (χ3v) is 3.69. The minimum Gasteiger partial charge on any atom is -0.480 e. The van der Waals surface area contributed by atoms with Crippen molar-refractivity contribution in [2.45, 2.75) is 33.2 Å². The zero-order valence-electron chi connectivity index (χ0n) is 11.2. The summed E-state index contributed by atoms with van der Waals surface area (Å²) in [5.41, 5.74) is 1.30. The first-order valence-corrected chi connectivity index (χ1v) is 6.96. The van der Waals surface area contributed by atoms with E-state index in [-0.39, 0.29) is 11.8 Å². The zero-order chi connectivity index (χ0) is 14.6. The molecule has 4 nitrogen and oxygen atoms in total.